The first-order chi connectivity index (χ1) is 8.25. The molecule has 18 heavy (non-hydrogen) atoms. The summed E-state index contributed by atoms with van der Waals surface area (Å²) in [4.78, 5) is 14.8. The van der Waals surface area contributed by atoms with Crippen LogP contribution in [0.5, 0.6) is 0 Å². The van der Waals surface area contributed by atoms with Gasteiger partial charge in [-0.2, -0.15) is 0 Å². The highest BCUT2D eigenvalue weighted by Crippen LogP contribution is 2.22. The molecule has 0 spiro atoms. The zero-order valence-electron chi connectivity index (χ0n) is 9.74. The lowest BCUT2D eigenvalue weighted by molar-refractivity contribution is -0.137. The van der Waals surface area contributed by atoms with Crippen LogP contribution in [-0.4, -0.2) is 32.2 Å². The molecule has 0 radical (unpaired) electrons. The fourth-order valence-corrected chi connectivity index (χ4v) is 2.99. The average molecular weight is 312 g/mol. The van der Waals surface area contributed by atoms with Crippen molar-refractivity contribution in [3.63, 3.8) is 0 Å². The lowest BCUT2D eigenvalue weighted by atomic mass is 10.2. The number of ether oxygens (including phenoxy) is 1. The quantitative estimate of drug-likeness (QED) is 0.626. The SMILES string of the molecule is COC(=O)CS(=O)(=O)Cc1cc(C)c(Cl)nc1Cl. The Morgan fingerprint density at radius 1 is 1.39 bits per heavy atom. The van der Waals surface area contributed by atoms with Gasteiger partial charge in [-0.3, -0.25) is 4.79 Å². The summed E-state index contributed by atoms with van der Waals surface area (Å²) in [6.45, 7) is 1.68. The summed E-state index contributed by atoms with van der Waals surface area (Å²) >= 11 is 11.5. The largest absolute Gasteiger partial charge is 0.468 e. The molecule has 0 saturated heterocycles. The summed E-state index contributed by atoms with van der Waals surface area (Å²) < 4.78 is 27.7. The number of aryl methyl sites for hydroxylation is 1. The molecule has 100 valence electrons. The van der Waals surface area contributed by atoms with E-state index in [1.807, 2.05) is 0 Å². The molecule has 0 fully saturated rings. The third kappa shape index (κ3) is 4.12. The first kappa shape index (κ1) is 15.2. The first-order valence-corrected chi connectivity index (χ1v) is 7.41. The predicted octanol–water partition coefficient (Wildman–Crippen LogP) is 1.78. The van der Waals surface area contributed by atoms with Crippen LogP contribution in [0.3, 0.4) is 0 Å². The Bertz CT molecular complexity index is 571. The maximum atomic E-state index is 11.7. The number of rotatable bonds is 4. The lowest BCUT2D eigenvalue weighted by Gasteiger charge is -2.07. The number of nitrogens with zero attached hydrogens (tertiary/aromatic N) is 1. The topological polar surface area (TPSA) is 73.3 Å². The van der Waals surface area contributed by atoms with Gasteiger partial charge in [0, 0.05) is 5.56 Å². The van der Waals surface area contributed by atoms with Gasteiger partial charge < -0.3 is 4.74 Å². The van der Waals surface area contributed by atoms with Crippen LogP contribution in [0.25, 0.3) is 0 Å². The summed E-state index contributed by atoms with van der Waals surface area (Å²) in [5, 5.41) is 0.230. The molecule has 1 rings (SSSR count). The van der Waals surface area contributed by atoms with Crippen LogP contribution in [0.1, 0.15) is 11.1 Å². The van der Waals surface area contributed by atoms with E-state index < -0.39 is 21.6 Å². The lowest BCUT2D eigenvalue weighted by Crippen LogP contribution is -2.19. The van der Waals surface area contributed by atoms with E-state index in [-0.39, 0.29) is 16.1 Å². The molecular weight excluding hydrogens is 301 g/mol. The standard InChI is InChI=1S/C10H11Cl2NO4S/c1-6-3-7(10(12)13-9(6)11)4-18(15,16)5-8(14)17-2/h3H,4-5H2,1-2H3. The molecule has 0 bridgehead atoms. The molecule has 5 nitrogen and oxygen atoms in total. The van der Waals surface area contributed by atoms with Crippen LogP contribution in [-0.2, 0) is 25.1 Å². The fraction of sp³-hybridized carbons (Fsp3) is 0.400. The molecule has 0 N–H and O–H groups in total. The molecule has 0 aliphatic carbocycles. The van der Waals surface area contributed by atoms with Crippen molar-refractivity contribution < 1.29 is 17.9 Å². The Kier molecular flexibility index (Phi) is 4.95. The Labute approximate surface area is 115 Å². The number of hydrogen-bond acceptors (Lipinski definition) is 5. The van der Waals surface area contributed by atoms with Crippen molar-refractivity contribution in [3.05, 3.63) is 27.5 Å². The van der Waals surface area contributed by atoms with E-state index in [0.29, 0.717) is 11.1 Å². The molecule has 1 aromatic rings. The molecule has 1 heterocycles. The highest BCUT2D eigenvalue weighted by atomic mass is 35.5. The van der Waals surface area contributed by atoms with Crippen molar-refractivity contribution in [2.24, 2.45) is 0 Å². The van der Waals surface area contributed by atoms with Crippen LogP contribution in [0.2, 0.25) is 10.3 Å². The fourth-order valence-electron chi connectivity index (χ4n) is 1.25. The number of sulfone groups is 1. The summed E-state index contributed by atoms with van der Waals surface area (Å²) in [5.41, 5.74) is 0.923. The second-order valence-corrected chi connectivity index (χ2v) is 6.43. The third-order valence-electron chi connectivity index (χ3n) is 2.12. The average Bonchev–Trinajstić information content (AvgIpc) is 2.24. The highest BCUT2D eigenvalue weighted by molar-refractivity contribution is 7.91. The van der Waals surface area contributed by atoms with Gasteiger partial charge in [0.1, 0.15) is 16.1 Å². The molecular formula is C10H11Cl2NO4S. The maximum Gasteiger partial charge on any atom is 0.320 e. The molecule has 8 heteroatoms. The number of pyridine rings is 1. The van der Waals surface area contributed by atoms with Crippen LogP contribution in [0, 0.1) is 6.92 Å². The van der Waals surface area contributed by atoms with E-state index >= 15 is 0 Å². The van der Waals surface area contributed by atoms with Crippen LogP contribution < -0.4 is 0 Å². The Balaban J connectivity index is 2.98. The van der Waals surface area contributed by atoms with Gasteiger partial charge in [-0.05, 0) is 18.6 Å². The second kappa shape index (κ2) is 5.86. The van der Waals surface area contributed by atoms with Gasteiger partial charge >= 0.3 is 5.97 Å². The summed E-state index contributed by atoms with van der Waals surface area (Å²) in [7, 11) is -2.52. The second-order valence-electron chi connectivity index (χ2n) is 3.65. The number of aromatic nitrogens is 1. The minimum absolute atomic E-state index is 0.0130. The molecule has 0 amide bonds. The van der Waals surface area contributed by atoms with Gasteiger partial charge in [0.15, 0.2) is 9.84 Å². The predicted molar refractivity (Wildman–Crippen MR) is 68.5 cm³/mol. The van der Waals surface area contributed by atoms with Crippen LogP contribution in [0.15, 0.2) is 6.07 Å². The van der Waals surface area contributed by atoms with Gasteiger partial charge in [-0.1, -0.05) is 23.2 Å². The maximum absolute atomic E-state index is 11.7. The van der Waals surface area contributed by atoms with E-state index in [0.717, 1.165) is 7.11 Å². The number of esters is 1. The van der Waals surface area contributed by atoms with Crippen molar-refractivity contribution in [2.45, 2.75) is 12.7 Å². The van der Waals surface area contributed by atoms with Crippen LogP contribution >= 0.6 is 23.2 Å². The van der Waals surface area contributed by atoms with Crippen molar-refractivity contribution in [1.29, 1.82) is 0 Å². The number of methoxy groups -OCH3 is 1. The number of carbonyl (C=O) groups is 1. The summed E-state index contributed by atoms with van der Waals surface area (Å²) in [6, 6.07) is 1.53. The monoisotopic (exact) mass is 311 g/mol. The molecule has 0 unspecified atom stereocenters. The van der Waals surface area contributed by atoms with Gasteiger partial charge in [-0.15, -0.1) is 0 Å². The molecule has 0 aliphatic heterocycles. The molecule has 1 aromatic heterocycles. The van der Waals surface area contributed by atoms with Gasteiger partial charge in [0.2, 0.25) is 0 Å². The highest BCUT2D eigenvalue weighted by Gasteiger charge is 2.20. The minimum Gasteiger partial charge on any atom is -0.468 e. The van der Waals surface area contributed by atoms with Crippen LogP contribution in [0.4, 0.5) is 0 Å². The molecule has 0 aliphatic rings. The van der Waals surface area contributed by atoms with Crippen molar-refractivity contribution >= 4 is 39.0 Å². The normalized spacial score (nSPS) is 11.3. The van der Waals surface area contributed by atoms with E-state index in [1.165, 1.54) is 6.07 Å². The number of hydrogen-bond donors (Lipinski definition) is 0. The van der Waals surface area contributed by atoms with Crippen molar-refractivity contribution in [3.8, 4) is 0 Å². The summed E-state index contributed by atoms with van der Waals surface area (Å²) in [6.07, 6.45) is 0. The van der Waals surface area contributed by atoms with Gasteiger partial charge in [0.05, 0.1) is 12.9 Å². The van der Waals surface area contributed by atoms with Gasteiger partial charge in [-0.25, -0.2) is 13.4 Å². The molecule has 0 atom stereocenters. The number of halogens is 2. The van der Waals surface area contributed by atoms with E-state index in [9.17, 15) is 13.2 Å². The van der Waals surface area contributed by atoms with E-state index in [2.05, 4.69) is 9.72 Å². The Hall–Kier alpha value is -0.850. The molecule has 0 saturated carbocycles. The van der Waals surface area contributed by atoms with Crippen molar-refractivity contribution in [2.75, 3.05) is 12.9 Å². The summed E-state index contributed by atoms with van der Waals surface area (Å²) in [5.74, 6) is -1.89. The minimum atomic E-state index is -3.64. The smallest absolute Gasteiger partial charge is 0.320 e. The molecule has 0 aromatic carbocycles. The third-order valence-corrected chi connectivity index (χ3v) is 4.25. The van der Waals surface area contributed by atoms with Crippen molar-refractivity contribution in [1.82, 2.24) is 4.98 Å². The van der Waals surface area contributed by atoms with Gasteiger partial charge in [0.25, 0.3) is 0 Å². The Morgan fingerprint density at radius 2 is 2.00 bits per heavy atom. The zero-order valence-corrected chi connectivity index (χ0v) is 12.1. The Morgan fingerprint density at radius 3 is 2.56 bits per heavy atom. The van der Waals surface area contributed by atoms with E-state index in [4.69, 9.17) is 23.2 Å². The number of carbonyl (C=O) groups excluding carboxylic acids is 1. The first-order valence-electron chi connectivity index (χ1n) is 4.84. The zero-order chi connectivity index (χ0) is 13.9. The van der Waals surface area contributed by atoms with E-state index in [1.54, 1.807) is 6.92 Å².